The number of nitrogens with zero attached hydrogens (tertiary/aromatic N) is 3. The van der Waals surface area contributed by atoms with Crippen LogP contribution in [-0.2, 0) is 0 Å². The van der Waals surface area contributed by atoms with E-state index in [0.29, 0.717) is 37.3 Å². The van der Waals surface area contributed by atoms with Crippen LogP contribution in [0.25, 0.3) is 0 Å². The summed E-state index contributed by atoms with van der Waals surface area (Å²) >= 11 is 0. The zero-order chi connectivity index (χ0) is 17.8. The summed E-state index contributed by atoms with van der Waals surface area (Å²) in [5.74, 6) is -0.369. The van der Waals surface area contributed by atoms with Crippen molar-refractivity contribution in [2.24, 2.45) is 0 Å². The standard InChI is InChI=1S/C20H20FN3O/c1-15-6-8-16(9-7-15)20(25)24-12-10-23(11-13-24)19(14-22)17-4-2-3-5-18(17)21/h2-9,19H,10-13H2,1H3. The third-order valence-electron chi connectivity index (χ3n) is 4.59. The van der Waals surface area contributed by atoms with Gasteiger partial charge in [-0.1, -0.05) is 35.9 Å². The van der Waals surface area contributed by atoms with Gasteiger partial charge >= 0.3 is 0 Å². The normalized spacial score (nSPS) is 16.3. The van der Waals surface area contributed by atoms with Crippen LogP contribution in [0.4, 0.5) is 4.39 Å². The predicted molar refractivity (Wildman–Crippen MR) is 93.4 cm³/mol. The molecule has 1 saturated heterocycles. The summed E-state index contributed by atoms with van der Waals surface area (Å²) in [4.78, 5) is 16.3. The Balaban J connectivity index is 1.67. The predicted octanol–water partition coefficient (Wildman–Crippen LogP) is 3.16. The van der Waals surface area contributed by atoms with E-state index in [0.717, 1.165) is 5.56 Å². The number of amides is 1. The van der Waals surface area contributed by atoms with Crippen LogP contribution in [0.3, 0.4) is 0 Å². The van der Waals surface area contributed by atoms with E-state index in [1.54, 1.807) is 23.1 Å². The highest BCUT2D eigenvalue weighted by Gasteiger charge is 2.28. The van der Waals surface area contributed by atoms with Gasteiger partial charge in [-0.2, -0.15) is 5.26 Å². The van der Waals surface area contributed by atoms with Crippen molar-refractivity contribution in [3.63, 3.8) is 0 Å². The molecular formula is C20H20FN3O. The minimum atomic E-state index is -0.627. The third-order valence-corrected chi connectivity index (χ3v) is 4.59. The van der Waals surface area contributed by atoms with Crippen LogP contribution in [0.2, 0.25) is 0 Å². The SMILES string of the molecule is Cc1ccc(C(=O)N2CCN(C(C#N)c3ccccc3F)CC2)cc1. The van der Waals surface area contributed by atoms with Crippen LogP contribution < -0.4 is 0 Å². The summed E-state index contributed by atoms with van der Waals surface area (Å²) in [7, 11) is 0. The van der Waals surface area contributed by atoms with Crippen LogP contribution in [0.1, 0.15) is 27.5 Å². The number of nitriles is 1. The number of piperazine rings is 1. The molecule has 2 aromatic rings. The molecule has 1 fully saturated rings. The van der Waals surface area contributed by atoms with E-state index in [-0.39, 0.29) is 11.7 Å². The second kappa shape index (κ2) is 7.45. The highest BCUT2D eigenvalue weighted by Crippen LogP contribution is 2.24. The monoisotopic (exact) mass is 337 g/mol. The molecule has 25 heavy (non-hydrogen) atoms. The molecule has 0 aromatic heterocycles. The summed E-state index contributed by atoms with van der Waals surface area (Å²) in [6.45, 7) is 4.13. The number of halogens is 1. The Bertz CT molecular complexity index is 789. The Morgan fingerprint density at radius 3 is 2.32 bits per heavy atom. The van der Waals surface area contributed by atoms with Gasteiger partial charge in [-0.15, -0.1) is 0 Å². The summed E-state index contributed by atoms with van der Waals surface area (Å²) in [6.07, 6.45) is 0. The summed E-state index contributed by atoms with van der Waals surface area (Å²) in [5.41, 5.74) is 2.18. The van der Waals surface area contributed by atoms with Gasteiger partial charge in [-0.3, -0.25) is 9.69 Å². The lowest BCUT2D eigenvalue weighted by atomic mass is 10.0. The lowest BCUT2D eigenvalue weighted by Gasteiger charge is -2.37. The number of carbonyl (C=O) groups excluding carboxylic acids is 1. The van der Waals surface area contributed by atoms with Crippen LogP contribution in [0.5, 0.6) is 0 Å². The first-order valence-corrected chi connectivity index (χ1v) is 8.34. The Morgan fingerprint density at radius 2 is 1.72 bits per heavy atom. The maximum Gasteiger partial charge on any atom is 0.253 e. The smallest absolute Gasteiger partial charge is 0.253 e. The molecule has 0 saturated carbocycles. The first-order chi connectivity index (χ1) is 12.1. The summed E-state index contributed by atoms with van der Waals surface area (Å²) < 4.78 is 14.0. The van der Waals surface area contributed by atoms with Crippen molar-refractivity contribution in [2.45, 2.75) is 13.0 Å². The van der Waals surface area contributed by atoms with Crippen molar-refractivity contribution < 1.29 is 9.18 Å². The highest BCUT2D eigenvalue weighted by molar-refractivity contribution is 5.94. The summed E-state index contributed by atoms with van der Waals surface area (Å²) in [6, 6.07) is 15.5. The lowest BCUT2D eigenvalue weighted by molar-refractivity contribution is 0.0604. The second-order valence-corrected chi connectivity index (χ2v) is 6.25. The maximum atomic E-state index is 14.0. The van der Waals surface area contributed by atoms with Crippen LogP contribution in [0.15, 0.2) is 48.5 Å². The van der Waals surface area contributed by atoms with E-state index in [2.05, 4.69) is 6.07 Å². The van der Waals surface area contributed by atoms with Gasteiger partial charge in [0.2, 0.25) is 0 Å². The van der Waals surface area contributed by atoms with Crippen molar-refractivity contribution in [1.29, 1.82) is 5.26 Å². The fourth-order valence-corrected chi connectivity index (χ4v) is 3.11. The minimum Gasteiger partial charge on any atom is -0.336 e. The number of aryl methyl sites for hydroxylation is 1. The van der Waals surface area contributed by atoms with Crippen molar-refractivity contribution in [3.05, 3.63) is 71.0 Å². The average molecular weight is 337 g/mol. The molecule has 0 bridgehead atoms. The topological polar surface area (TPSA) is 47.3 Å². The third kappa shape index (κ3) is 3.70. The molecule has 2 aromatic carbocycles. The average Bonchev–Trinajstić information content (AvgIpc) is 2.64. The molecular weight excluding hydrogens is 317 g/mol. The Kier molecular flexibility index (Phi) is 5.11. The minimum absolute atomic E-state index is 0.000880. The first-order valence-electron chi connectivity index (χ1n) is 8.34. The van der Waals surface area contributed by atoms with Crippen LogP contribution >= 0.6 is 0 Å². The summed E-state index contributed by atoms with van der Waals surface area (Å²) in [5, 5.41) is 9.50. The largest absolute Gasteiger partial charge is 0.336 e. The van der Waals surface area contributed by atoms with E-state index in [4.69, 9.17) is 0 Å². The zero-order valence-corrected chi connectivity index (χ0v) is 14.2. The van der Waals surface area contributed by atoms with Gasteiger partial charge in [0.25, 0.3) is 5.91 Å². The van der Waals surface area contributed by atoms with E-state index in [1.807, 2.05) is 36.1 Å². The van der Waals surface area contributed by atoms with E-state index in [1.165, 1.54) is 6.07 Å². The quantitative estimate of drug-likeness (QED) is 0.864. The van der Waals surface area contributed by atoms with Gasteiger partial charge in [0.05, 0.1) is 6.07 Å². The fourth-order valence-electron chi connectivity index (χ4n) is 3.11. The van der Waals surface area contributed by atoms with Crippen LogP contribution in [-0.4, -0.2) is 41.9 Å². The van der Waals surface area contributed by atoms with Crippen LogP contribution in [0, 0.1) is 24.1 Å². The first kappa shape index (κ1) is 17.1. The van der Waals surface area contributed by atoms with Gasteiger partial charge in [-0.05, 0) is 25.1 Å². The maximum absolute atomic E-state index is 14.0. The van der Waals surface area contributed by atoms with E-state index in [9.17, 15) is 14.4 Å². The fraction of sp³-hybridized carbons (Fsp3) is 0.300. The molecule has 1 aliphatic heterocycles. The molecule has 1 unspecified atom stereocenters. The molecule has 0 radical (unpaired) electrons. The molecule has 1 aliphatic rings. The molecule has 1 atom stereocenters. The molecule has 128 valence electrons. The number of hydrogen-bond donors (Lipinski definition) is 0. The van der Waals surface area contributed by atoms with E-state index >= 15 is 0 Å². The van der Waals surface area contributed by atoms with E-state index < -0.39 is 6.04 Å². The Morgan fingerprint density at radius 1 is 1.08 bits per heavy atom. The number of rotatable bonds is 3. The van der Waals surface area contributed by atoms with Crippen molar-refractivity contribution >= 4 is 5.91 Å². The van der Waals surface area contributed by atoms with Gasteiger partial charge in [-0.25, -0.2) is 4.39 Å². The van der Waals surface area contributed by atoms with Crippen molar-refractivity contribution in [1.82, 2.24) is 9.80 Å². The molecule has 0 N–H and O–H groups in total. The number of carbonyl (C=O) groups is 1. The lowest BCUT2D eigenvalue weighted by Crippen LogP contribution is -2.49. The molecule has 0 spiro atoms. The molecule has 3 rings (SSSR count). The molecule has 1 amide bonds. The number of hydrogen-bond acceptors (Lipinski definition) is 3. The number of benzene rings is 2. The molecule has 0 aliphatic carbocycles. The van der Waals surface area contributed by atoms with Gasteiger partial charge < -0.3 is 4.90 Å². The second-order valence-electron chi connectivity index (χ2n) is 6.25. The molecule has 5 heteroatoms. The zero-order valence-electron chi connectivity index (χ0n) is 14.2. The Labute approximate surface area is 147 Å². The molecule has 4 nitrogen and oxygen atoms in total. The van der Waals surface area contributed by atoms with Gasteiger partial charge in [0.1, 0.15) is 11.9 Å². The van der Waals surface area contributed by atoms with Gasteiger partial charge in [0.15, 0.2) is 0 Å². The van der Waals surface area contributed by atoms with Gasteiger partial charge in [0, 0.05) is 37.3 Å². The highest BCUT2D eigenvalue weighted by atomic mass is 19.1. The van der Waals surface area contributed by atoms with Crippen molar-refractivity contribution in [2.75, 3.05) is 26.2 Å². The Hall–Kier alpha value is -2.71. The van der Waals surface area contributed by atoms with Crippen molar-refractivity contribution in [3.8, 4) is 6.07 Å². The molecule has 1 heterocycles.